The van der Waals surface area contributed by atoms with Crippen molar-refractivity contribution in [2.75, 3.05) is 0 Å². The van der Waals surface area contributed by atoms with Gasteiger partial charge in [-0.25, -0.2) is 0 Å². The third-order valence-corrected chi connectivity index (χ3v) is 9.59. The van der Waals surface area contributed by atoms with E-state index >= 15 is 0 Å². The number of esters is 3. The summed E-state index contributed by atoms with van der Waals surface area (Å²) < 4.78 is 17.6. The van der Waals surface area contributed by atoms with E-state index in [2.05, 4.69) is 0 Å². The zero-order valence-electron chi connectivity index (χ0n) is 18.4. The van der Waals surface area contributed by atoms with Crippen LogP contribution in [0.3, 0.4) is 0 Å². The van der Waals surface area contributed by atoms with Gasteiger partial charge in [0.05, 0.1) is 5.92 Å². The predicted octanol–water partition coefficient (Wildman–Crippen LogP) is 2.47. The first-order valence-electron chi connectivity index (χ1n) is 11.3. The van der Waals surface area contributed by atoms with E-state index in [1.54, 1.807) is 6.92 Å². The van der Waals surface area contributed by atoms with Gasteiger partial charge in [-0.05, 0) is 56.8 Å². The molecular formula is C23H30O8. The monoisotopic (exact) mass is 434 g/mol. The molecule has 0 aromatic carbocycles. The molecule has 5 aliphatic rings. The Hall–Kier alpha value is -2.12. The van der Waals surface area contributed by atoms with Crippen molar-refractivity contribution < 1.29 is 38.5 Å². The van der Waals surface area contributed by atoms with Gasteiger partial charge in [0.1, 0.15) is 22.7 Å². The molecule has 1 heterocycles. The average molecular weight is 434 g/mol. The zero-order valence-corrected chi connectivity index (χ0v) is 18.4. The number of hydrogen-bond acceptors (Lipinski definition) is 7. The van der Waals surface area contributed by atoms with Crippen LogP contribution < -0.4 is 0 Å². The lowest BCUT2D eigenvalue weighted by molar-refractivity contribution is -0.173. The van der Waals surface area contributed by atoms with Gasteiger partial charge in [-0.1, -0.05) is 6.92 Å². The van der Waals surface area contributed by atoms with Gasteiger partial charge in [-0.3, -0.25) is 19.2 Å². The first-order valence-corrected chi connectivity index (χ1v) is 11.3. The molecule has 31 heavy (non-hydrogen) atoms. The molecule has 4 bridgehead atoms. The third-order valence-electron chi connectivity index (χ3n) is 9.59. The minimum Gasteiger partial charge on any atom is -0.481 e. The van der Waals surface area contributed by atoms with Crippen LogP contribution in [0.4, 0.5) is 0 Å². The van der Waals surface area contributed by atoms with Gasteiger partial charge in [0.25, 0.3) is 0 Å². The van der Waals surface area contributed by atoms with E-state index in [1.165, 1.54) is 13.8 Å². The predicted molar refractivity (Wildman–Crippen MR) is 104 cm³/mol. The van der Waals surface area contributed by atoms with Crippen molar-refractivity contribution in [1.29, 1.82) is 0 Å². The summed E-state index contributed by atoms with van der Waals surface area (Å²) in [5.74, 6) is -3.73. The van der Waals surface area contributed by atoms with Crippen molar-refractivity contribution in [2.24, 2.45) is 34.5 Å². The molecule has 5 rings (SSSR count). The van der Waals surface area contributed by atoms with Crippen LogP contribution in [0.15, 0.2) is 0 Å². The second-order valence-corrected chi connectivity index (χ2v) is 10.8. The highest BCUT2D eigenvalue weighted by Gasteiger charge is 2.85. The number of carbonyl (C=O) groups is 4. The van der Waals surface area contributed by atoms with Gasteiger partial charge in [0, 0.05) is 25.7 Å². The largest absolute Gasteiger partial charge is 0.481 e. The normalized spacial score (nSPS) is 51.5. The Kier molecular flexibility index (Phi) is 4.03. The Balaban J connectivity index is 1.66. The second kappa shape index (κ2) is 6.01. The maximum absolute atomic E-state index is 13.2. The summed E-state index contributed by atoms with van der Waals surface area (Å²) in [5, 5.41) is 10.5. The van der Waals surface area contributed by atoms with Crippen molar-refractivity contribution in [2.45, 2.75) is 83.5 Å². The van der Waals surface area contributed by atoms with Crippen molar-refractivity contribution in [1.82, 2.24) is 0 Å². The van der Waals surface area contributed by atoms with Crippen LogP contribution in [0, 0.1) is 34.5 Å². The molecule has 170 valence electrons. The fraction of sp³-hybridized carbons (Fsp3) is 0.826. The molecular weight excluding hydrogens is 404 g/mol. The lowest BCUT2D eigenvalue weighted by Gasteiger charge is -2.47. The molecule has 4 aliphatic carbocycles. The average Bonchev–Trinajstić information content (AvgIpc) is 3.07. The molecule has 5 fully saturated rings. The molecule has 8 heteroatoms. The number of fused-ring (bicyclic) bond motifs is 1. The minimum absolute atomic E-state index is 0.0195. The first-order chi connectivity index (χ1) is 14.4. The molecule has 0 amide bonds. The highest BCUT2D eigenvalue weighted by atomic mass is 16.6. The maximum atomic E-state index is 13.2. The van der Waals surface area contributed by atoms with Crippen LogP contribution in [-0.4, -0.2) is 46.3 Å². The first kappa shape index (κ1) is 20.8. The van der Waals surface area contributed by atoms with Gasteiger partial charge in [-0.2, -0.15) is 0 Å². The fourth-order valence-corrected chi connectivity index (χ4v) is 8.86. The number of carboxylic acids is 1. The van der Waals surface area contributed by atoms with E-state index in [4.69, 9.17) is 14.2 Å². The molecule has 1 saturated heterocycles. The summed E-state index contributed by atoms with van der Waals surface area (Å²) in [7, 11) is 0. The van der Waals surface area contributed by atoms with Gasteiger partial charge < -0.3 is 19.3 Å². The fourth-order valence-electron chi connectivity index (χ4n) is 8.86. The van der Waals surface area contributed by atoms with Gasteiger partial charge in [0.2, 0.25) is 0 Å². The Morgan fingerprint density at radius 3 is 2.45 bits per heavy atom. The maximum Gasteiger partial charge on any atom is 0.316 e. The number of hydrogen-bond donors (Lipinski definition) is 1. The summed E-state index contributed by atoms with van der Waals surface area (Å²) >= 11 is 0. The minimum atomic E-state index is -1.20. The Labute approximate surface area is 181 Å². The van der Waals surface area contributed by atoms with E-state index in [-0.39, 0.29) is 17.8 Å². The van der Waals surface area contributed by atoms with Crippen LogP contribution in [-0.2, 0) is 33.4 Å². The summed E-state index contributed by atoms with van der Waals surface area (Å²) in [5.41, 5.74) is -3.34. The standard InChI is InChI=1S/C23H30O8/c1-11-9-21-10-22(11,30-13(3)25)7-5-14(21)23-8-6-15(29-12(2)24)20(4,19(28)31-23)17(23)16(21)18(26)27/h11,14-17H,5-10H2,1-4H3,(H,26,27)/t11-,14+,15-,16+,17+,20-,21-,22-,23+/m0/s1. The molecule has 8 nitrogen and oxygen atoms in total. The van der Waals surface area contributed by atoms with Gasteiger partial charge in [0.15, 0.2) is 0 Å². The lowest BCUT2D eigenvalue weighted by Crippen LogP contribution is -2.54. The second-order valence-electron chi connectivity index (χ2n) is 10.8. The number of carbonyl (C=O) groups excluding carboxylic acids is 3. The summed E-state index contributed by atoms with van der Waals surface area (Å²) in [6.45, 7) is 6.45. The molecule has 0 aromatic heterocycles. The van der Waals surface area contributed by atoms with Crippen LogP contribution in [0.25, 0.3) is 0 Å². The zero-order chi connectivity index (χ0) is 22.6. The number of carboxylic acid groups (broad SMARTS) is 1. The highest BCUT2D eigenvalue weighted by molar-refractivity contribution is 5.86. The summed E-state index contributed by atoms with van der Waals surface area (Å²) in [6, 6.07) is 0. The van der Waals surface area contributed by atoms with E-state index in [1.807, 2.05) is 6.92 Å². The van der Waals surface area contributed by atoms with E-state index in [0.717, 1.165) is 0 Å². The summed E-state index contributed by atoms with van der Waals surface area (Å²) in [6.07, 6.45) is 2.65. The van der Waals surface area contributed by atoms with Crippen LogP contribution in [0.2, 0.25) is 0 Å². The molecule has 1 aliphatic heterocycles. The Morgan fingerprint density at radius 2 is 1.84 bits per heavy atom. The molecule has 9 atom stereocenters. The lowest BCUT2D eigenvalue weighted by atomic mass is 9.59. The molecule has 0 aromatic rings. The van der Waals surface area contributed by atoms with Crippen molar-refractivity contribution in [3.8, 4) is 0 Å². The smallest absolute Gasteiger partial charge is 0.316 e. The molecule has 0 radical (unpaired) electrons. The van der Waals surface area contributed by atoms with E-state index in [9.17, 15) is 24.3 Å². The Bertz CT molecular complexity index is 898. The van der Waals surface area contributed by atoms with Gasteiger partial charge in [-0.15, -0.1) is 0 Å². The van der Waals surface area contributed by atoms with Crippen LogP contribution >= 0.6 is 0 Å². The Morgan fingerprint density at radius 1 is 1.13 bits per heavy atom. The highest BCUT2D eigenvalue weighted by Crippen LogP contribution is 2.79. The van der Waals surface area contributed by atoms with Crippen molar-refractivity contribution in [3.63, 3.8) is 0 Å². The quantitative estimate of drug-likeness (QED) is 0.532. The van der Waals surface area contributed by atoms with Crippen molar-refractivity contribution >= 4 is 23.9 Å². The SMILES string of the molecule is CC(=O)O[C@H]1CC[C@]23OC(=O)[C@]1(C)[C@H]2[C@H](C(=O)O)[C@]12C[C@H](C)[C@](OC(C)=O)(CC[C@H]13)C2. The number of rotatable bonds is 3. The van der Waals surface area contributed by atoms with Crippen LogP contribution in [0.1, 0.15) is 66.2 Å². The molecule has 4 saturated carbocycles. The van der Waals surface area contributed by atoms with Crippen LogP contribution in [0.5, 0.6) is 0 Å². The van der Waals surface area contributed by atoms with Crippen molar-refractivity contribution in [3.05, 3.63) is 0 Å². The van der Waals surface area contributed by atoms with E-state index < -0.39 is 57.9 Å². The number of aliphatic carboxylic acids is 1. The van der Waals surface area contributed by atoms with Gasteiger partial charge >= 0.3 is 23.9 Å². The molecule has 0 unspecified atom stereocenters. The van der Waals surface area contributed by atoms with E-state index in [0.29, 0.717) is 38.5 Å². The molecule has 1 N–H and O–H groups in total. The molecule has 1 spiro atoms. The topological polar surface area (TPSA) is 116 Å². The number of ether oxygens (including phenoxy) is 3. The third kappa shape index (κ3) is 2.26. The summed E-state index contributed by atoms with van der Waals surface area (Å²) in [4.78, 5) is 49.7.